The molecular formula is C17H17ClN4O. The van der Waals surface area contributed by atoms with Crippen LogP contribution in [0.5, 0.6) is 0 Å². The monoisotopic (exact) mass is 328 g/mol. The molecule has 0 spiro atoms. The number of nitrogens with one attached hydrogen (secondary N) is 2. The van der Waals surface area contributed by atoms with Crippen molar-refractivity contribution in [1.82, 2.24) is 15.3 Å². The molecule has 2 aromatic heterocycles. The minimum atomic E-state index is -0.305. The van der Waals surface area contributed by atoms with E-state index in [2.05, 4.69) is 26.7 Å². The van der Waals surface area contributed by atoms with Crippen molar-refractivity contribution in [1.29, 1.82) is 0 Å². The van der Waals surface area contributed by atoms with Crippen LogP contribution in [-0.2, 0) is 0 Å². The van der Waals surface area contributed by atoms with Crippen LogP contribution in [0, 0.1) is 0 Å². The van der Waals surface area contributed by atoms with Crippen LogP contribution in [0.3, 0.4) is 0 Å². The predicted octanol–water partition coefficient (Wildman–Crippen LogP) is 3.15. The number of pyridine rings is 2. The summed E-state index contributed by atoms with van der Waals surface area (Å²) >= 11 is 5.77. The summed E-state index contributed by atoms with van der Waals surface area (Å²) in [4.78, 5) is 20.6. The van der Waals surface area contributed by atoms with Crippen LogP contribution in [-0.4, -0.2) is 29.0 Å². The minimum Gasteiger partial charge on any atom is -0.316 e. The van der Waals surface area contributed by atoms with E-state index < -0.39 is 0 Å². The van der Waals surface area contributed by atoms with Crippen molar-refractivity contribution in [3.63, 3.8) is 0 Å². The molecule has 1 aliphatic heterocycles. The predicted molar refractivity (Wildman–Crippen MR) is 91.5 cm³/mol. The fourth-order valence-electron chi connectivity index (χ4n) is 2.39. The van der Waals surface area contributed by atoms with Crippen LogP contribution in [0.1, 0.15) is 29.0 Å². The molecule has 2 aromatic rings. The van der Waals surface area contributed by atoms with Gasteiger partial charge in [-0.2, -0.15) is 0 Å². The molecule has 6 heteroatoms. The van der Waals surface area contributed by atoms with Gasteiger partial charge in [-0.1, -0.05) is 23.2 Å². The molecule has 0 aliphatic carbocycles. The summed E-state index contributed by atoms with van der Waals surface area (Å²) in [6, 6.07) is 8.79. The van der Waals surface area contributed by atoms with Gasteiger partial charge in [-0.05, 0) is 56.3 Å². The van der Waals surface area contributed by atoms with Crippen molar-refractivity contribution in [2.45, 2.75) is 12.8 Å². The lowest BCUT2D eigenvalue weighted by atomic mass is 10.0. The SMILES string of the molecule is O=C(Nc1cccc(C=C2CCNCC2)n1)c1ccc(Cl)cn1. The van der Waals surface area contributed by atoms with Gasteiger partial charge in [0, 0.05) is 6.20 Å². The van der Waals surface area contributed by atoms with Gasteiger partial charge in [0.1, 0.15) is 11.5 Å². The molecule has 5 nitrogen and oxygen atoms in total. The first-order chi connectivity index (χ1) is 11.2. The molecular weight excluding hydrogens is 312 g/mol. The van der Waals surface area contributed by atoms with Crippen molar-refractivity contribution >= 4 is 29.4 Å². The molecule has 1 aliphatic rings. The normalized spacial score (nSPS) is 14.4. The summed E-state index contributed by atoms with van der Waals surface area (Å²) in [7, 11) is 0. The van der Waals surface area contributed by atoms with Crippen LogP contribution in [0.2, 0.25) is 5.02 Å². The number of carbonyl (C=O) groups excluding carboxylic acids is 1. The zero-order chi connectivity index (χ0) is 16.1. The summed E-state index contributed by atoms with van der Waals surface area (Å²) in [5.74, 6) is 0.205. The van der Waals surface area contributed by atoms with Gasteiger partial charge in [0.2, 0.25) is 0 Å². The van der Waals surface area contributed by atoms with E-state index >= 15 is 0 Å². The Morgan fingerprint density at radius 2 is 2.04 bits per heavy atom. The van der Waals surface area contributed by atoms with E-state index in [0.29, 0.717) is 16.5 Å². The lowest BCUT2D eigenvalue weighted by molar-refractivity contribution is 0.102. The number of anilines is 1. The molecule has 118 valence electrons. The van der Waals surface area contributed by atoms with E-state index in [1.807, 2.05) is 12.1 Å². The van der Waals surface area contributed by atoms with Gasteiger partial charge in [0.25, 0.3) is 5.91 Å². The first-order valence-electron chi connectivity index (χ1n) is 7.51. The van der Waals surface area contributed by atoms with E-state index in [-0.39, 0.29) is 5.91 Å². The Balaban J connectivity index is 1.72. The summed E-state index contributed by atoms with van der Waals surface area (Å²) in [6.07, 6.45) is 5.61. The lowest BCUT2D eigenvalue weighted by Crippen LogP contribution is -2.23. The Morgan fingerprint density at radius 3 is 2.78 bits per heavy atom. The molecule has 0 saturated carbocycles. The number of amides is 1. The van der Waals surface area contributed by atoms with E-state index in [9.17, 15) is 4.79 Å². The Bertz CT molecular complexity index is 720. The molecule has 3 heterocycles. The molecule has 0 aromatic carbocycles. The summed E-state index contributed by atoms with van der Waals surface area (Å²) in [6.45, 7) is 2.01. The Kier molecular flexibility index (Phi) is 5.00. The van der Waals surface area contributed by atoms with Crippen molar-refractivity contribution in [2.24, 2.45) is 0 Å². The highest BCUT2D eigenvalue weighted by Gasteiger charge is 2.09. The molecule has 23 heavy (non-hydrogen) atoms. The van der Waals surface area contributed by atoms with E-state index in [4.69, 9.17) is 11.6 Å². The number of hydrogen-bond acceptors (Lipinski definition) is 4. The van der Waals surface area contributed by atoms with Crippen LogP contribution in [0.15, 0.2) is 42.1 Å². The average molecular weight is 329 g/mol. The van der Waals surface area contributed by atoms with Gasteiger partial charge < -0.3 is 10.6 Å². The molecule has 1 fully saturated rings. The minimum absolute atomic E-state index is 0.304. The third-order valence-corrected chi connectivity index (χ3v) is 3.79. The van der Waals surface area contributed by atoms with Gasteiger partial charge in [-0.25, -0.2) is 9.97 Å². The van der Waals surface area contributed by atoms with Gasteiger partial charge >= 0.3 is 0 Å². The molecule has 0 bridgehead atoms. The van der Waals surface area contributed by atoms with Crippen LogP contribution >= 0.6 is 11.6 Å². The third-order valence-electron chi connectivity index (χ3n) is 3.57. The second-order valence-corrected chi connectivity index (χ2v) is 5.75. The quantitative estimate of drug-likeness (QED) is 0.908. The number of aromatic nitrogens is 2. The first kappa shape index (κ1) is 15.6. The van der Waals surface area contributed by atoms with Crippen molar-refractivity contribution in [3.8, 4) is 0 Å². The van der Waals surface area contributed by atoms with Crippen molar-refractivity contribution < 1.29 is 4.79 Å². The highest BCUT2D eigenvalue weighted by atomic mass is 35.5. The number of nitrogens with zero attached hydrogens (tertiary/aromatic N) is 2. The standard InChI is InChI=1S/C17H17ClN4O/c18-13-4-5-15(20-11-13)17(23)22-16-3-1-2-14(21-16)10-12-6-8-19-9-7-12/h1-5,10-11,19H,6-9H2,(H,21,22,23). The maximum Gasteiger partial charge on any atom is 0.275 e. The average Bonchev–Trinajstić information content (AvgIpc) is 2.57. The highest BCUT2D eigenvalue weighted by Crippen LogP contribution is 2.16. The van der Waals surface area contributed by atoms with Gasteiger partial charge in [0.05, 0.1) is 10.7 Å². The van der Waals surface area contributed by atoms with E-state index in [1.165, 1.54) is 11.8 Å². The Labute approximate surface area is 139 Å². The van der Waals surface area contributed by atoms with Crippen molar-refractivity contribution in [2.75, 3.05) is 18.4 Å². The second kappa shape index (κ2) is 7.35. The number of carbonyl (C=O) groups is 1. The zero-order valence-corrected chi connectivity index (χ0v) is 13.3. The summed E-state index contributed by atoms with van der Waals surface area (Å²) in [5.41, 5.74) is 2.53. The van der Waals surface area contributed by atoms with Gasteiger partial charge in [-0.15, -0.1) is 0 Å². The highest BCUT2D eigenvalue weighted by molar-refractivity contribution is 6.30. The Hall–Kier alpha value is -2.24. The molecule has 1 amide bonds. The fourth-order valence-corrected chi connectivity index (χ4v) is 2.51. The molecule has 0 radical (unpaired) electrons. The van der Waals surface area contributed by atoms with Gasteiger partial charge in [0.15, 0.2) is 0 Å². The molecule has 3 rings (SSSR count). The summed E-state index contributed by atoms with van der Waals surface area (Å²) in [5, 5.41) is 6.58. The summed E-state index contributed by atoms with van der Waals surface area (Å²) < 4.78 is 0. The number of piperidine rings is 1. The van der Waals surface area contributed by atoms with Gasteiger partial charge in [-0.3, -0.25) is 4.79 Å². The lowest BCUT2D eigenvalue weighted by Gasteiger charge is -2.15. The maximum atomic E-state index is 12.1. The Morgan fingerprint density at radius 1 is 1.22 bits per heavy atom. The third kappa shape index (κ3) is 4.37. The molecule has 0 unspecified atom stereocenters. The smallest absolute Gasteiger partial charge is 0.275 e. The maximum absolute atomic E-state index is 12.1. The van der Waals surface area contributed by atoms with E-state index in [0.717, 1.165) is 31.6 Å². The zero-order valence-electron chi connectivity index (χ0n) is 12.6. The largest absolute Gasteiger partial charge is 0.316 e. The van der Waals surface area contributed by atoms with Crippen LogP contribution in [0.25, 0.3) is 6.08 Å². The first-order valence-corrected chi connectivity index (χ1v) is 7.89. The van der Waals surface area contributed by atoms with E-state index in [1.54, 1.807) is 18.2 Å². The number of rotatable bonds is 3. The number of hydrogen-bond donors (Lipinski definition) is 2. The molecule has 0 atom stereocenters. The second-order valence-electron chi connectivity index (χ2n) is 5.32. The molecule has 2 N–H and O–H groups in total. The fraction of sp³-hybridized carbons (Fsp3) is 0.235. The van der Waals surface area contributed by atoms with Crippen molar-refractivity contribution in [3.05, 3.63) is 58.5 Å². The number of halogens is 1. The van der Waals surface area contributed by atoms with Crippen LogP contribution in [0.4, 0.5) is 5.82 Å². The molecule has 1 saturated heterocycles. The topological polar surface area (TPSA) is 66.9 Å². The van der Waals surface area contributed by atoms with Crippen LogP contribution < -0.4 is 10.6 Å².